The van der Waals surface area contributed by atoms with E-state index in [-0.39, 0.29) is 23.7 Å². The molecule has 0 spiro atoms. The summed E-state index contributed by atoms with van der Waals surface area (Å²) in [4.78, 5) is 23.6. The number of halogens is 1. The molecule has 1 amide bonds. The van der Waals surface area contributed by atoms with Crippen molar-refractivity contribution in [2.75, 3.05) is 5.32 Å². The van der Waals surface area contributed by atoms with Gasteiger partial charge in [-0.2, -0.15) is 9.78 Å². The van der Waals surface area contributed by atoms with E-state index in [1.54, 1.807) is 29.9 Å². The number of nitro groups is 1. The lowest BCUT2D eigenvalue weighted by molar-refractivity contribution is -0.384. The summed E-state index contributed by atoms with van der Waals surface area (Å²) < 4.78 is 17.3. The summed E-state index contributed by atoms with van der Waals surface area (Å²) in [6, 6.07) is 19.5. The molecule has 5 rings (SSSR count). The molecular formula is C25H19FN8O3. The monoisotopic (exact) mass is 498 g/mol. The van der Waals surface area contributed by atoms with Crippen LogP contribution in [0.15, 0.2) is 79.0 Å². The first kappa shape index (κ1) is 23.5. The molecule has 184 valence electrons. The third kappa shape index (κ3) is 4.93. The zero-order valence-electron chi connectivity index (χ0n) is 19.4. The highest BCUT2D eigenvalue weighted by molar-refractivity contribution is 5.93. The van der Waals surface area contributed by atoms with E-state index in [9.17, 15) is 19.3 Å². The molecule has 0 radical (unpaired) electrons. The molecular weight excluding hydrogens is 479 g/mol. The molecule has 0 atom stereocenters. The summed E-state index contributed by atoms with van der Waals surface area (Å²) in [5.41, 5.74) is 2.95. The van der Waals surface area contributed by atoms with Gasteiger partial charge in [-0.3, -0.25) is 14.9 Å². The summed E-state index contributed by atoms with van der Waals surface area (Å²) in [5, 5.41) is 29.6. The van der Waals surface area contributed by atoms with Gasteiger partial charge in [-0.1, -0.05) is 18.2 Å². The first-order chi connectivity index (χ1) is 17.9. The zero-order valence-corrected chi connectivity index (χ0v) is 19.4. The third-order valence-electron chi connectivity index (χ3n) is 5.60. The number of rotatable bonds is 7. The number of benzene rings is 3. The van der Waals surface area contributed by atoms with Gasteiger partial charge < -0.3 is 5.32 Å². The second-order valence-corrected chi connectivity index (χ2v) is 8.12. The fourth-order valence-electron chi connectivity index (χ4n) is 3.82. The van der Waals surface area contributed by atoms with Crippen LogP contribution >= 0.6 is 0 Å². The van der Waals surface area contributed by atoms with Gasteiger partial charge in [0.2, 0.25) is 5.91 Å². The number of carbonyl (C=O) groups excluding carboxylic acids is 1. The highest BCUT2D eigenvalue weighted by Gasteiger charge is 2.18. The number of aryl methyl sites for hydroxylation is 1. The van der Waals surface area contributed by atoms with E-state index in [0.29, 0.717) is 28.3 Å². The minimum absolute atomic E-state index is 0.0459. The SMILES string of the molecule is Cc1nnnn1-c1cc(NC(=O)Cc2cn(-c3ccccc3)nc2-c2ccc([N+](=O)[O-])cc2)ccc1F. The number of amides is 1. The third-order valence-corrected chi connectivity index (χ3v) is 5.60. The van der Waals surface area contributed by atoms with Gasteiger partial charge in [0.25, 0.3) is 5.69 Å². The van der Waals surface area contributed by atoms with Crippen molar-refractivity contribution in [3.8, 4) is 22.6 Å². The predicted molar refractivity (Wildman–Crippen MR) is 132 cm³/mol. The van der Waals surface area contributed by atoms with E-state index in [1.165, 1.54) is 35.0 Å². The van der Waals surface area contributed by atoms with Crippen LogP contribution in [0.5, 0.6) is 0 Å². The number of nitro benzene ring substituents is 1. The lowest BCUT2D eigenvalue weighted by Gasteiger charge is -2.09. The number of nitrogens with zero attached hydrogens (tertiary/aromatic N) is 7. The molecule has 0 saturated carbocycles. The Bertz CT molecular complexity index is 1600. The zero-order chi connectivity index (χ0) is 25.9. The van der Waals surface area contributed by atoms with E-state index < -0.39 is 10.7 Å². The maximum Gasteiger partial charge on any atom is 0.269 e. The maximum atomic E-state index is 14.4. The number of para-hydroxylation sites is 1. The van der Waals surface area contributed by atoms with Crippen LogP contribution in [0.3, 0.4) is 0 Å². The molecule has 0 fully saturated rings. The van der Waals surface area contributed by atoms with Crippen molar-refractivity contribution in [3.63, 3.8) is 0 Å². The molecule has 2 heterocycles. The van der Waals surface area contributed by atoms with Crippen molar-refractivity contribution in [1.29, 1.82) is 0 Å². The first-order valence-corrected chi connectivity index (χ1v) is 11.1. The average molecular weight is 498 g/mol. The first-order valence-electron chi connectivity index (χ1n) is 11.1. The smallest absolute Gasteiger partial charge is 0.269 e. The van der Waals surface area contributed by atoms with Crippen molar-refractivity contribution in [2.45, 2.75) is 13.3 Å². The van der Waals surface area contributed by atoms with Gasteiger partial charge in [0.1, 0.15) is 11.5 Å². The molecule has 12 heteroatoms. The van der Waals surface area contributed by atoms with Crippen LogP contribution in [0.4, 0.5) is 15.8 Å². The molecule has 0 aliphatic heterocycles. The maximum absolute atomic E-state index is 14.4. The van der Waals surface area contributed by atoms with Crippen molar-refractivity contribution in [3.05, 3.63) is 106 Å². The van der Waals surface area contributed by atoms with Crippen LogP contribution in [0.1, 0.15) is 11.4 Å². The topological polar surface area (TPSA) is 134 Å². The van der Waals surface area contributed by atoms with Gasteiger partial charge in [0, 0.05) is 35.1 Å². The Kier molecular flexibility index (Phi) is 6.20. The van der Waals surface area contributed by atoms with Crippen molar-refractivity contribution < 1.29 is 14.1 Å². The van der Waals surface area contributed by atoms with Crippen LogP contribution in [0.25, 0.3) is 22.6 Å². The van der Waals surface area contributed by atoms with Crippen LogP contribution in [-0.4, -0.2) is 40.8 Å². The molecule has 2 aromatic heterocycles. The molecule has 0 aliphatic rings. The van der Waals surface area contributed by atoms with E-state index in [2.05, 4.69) is 25.9 Å². The molecule has 0 bridgehead atoms. The number of anilines is 1. The van der Waals surface area contributed by atoms with Gasteiger partial charge in [0.05, 0.1) is 22.7 Å². The fourth-order valence-corrected chi connectivity index (χ4v) is 3.82. The molecule has 1 N–H and O–H groups in total. The Balaban J connectivity index is 1.44. The van der Waals surface area contributed by atoms with Crippen LogP contribution in [0.2, 0.25) is 0 Å². The highest BCUT2D eigenvalue weighted by Crippen LogP contribution is 2.27. The average Bonchev–Trinajstić information content (AvgIpc) is 3.52. The second kappa shape index (κ2) is 9.77. The van der Waals surface area contributed by atoms with E-state index in [4.69, 9.17) is 0 Å². The molecule has 0 saturated heterocycles. The van der Waals surface area contributed by atoms with Crippen molar-refractivity contribution in [1.82, 2.24) is 30.0 Å². The largest absolute Gasteiger partial charge is 0.326 e. The van der Waals surface area contributed by atoms with E-state index in [1.807, 2.05) is 30.3 Å². The fraction of sp³-hybridized carbons (Fsp3) is 0.0800. The number of hydrogen-bond acceptors (Lipinski definition) is 7. The van der Waals surface area contributed by atoms with Crippen LogP contribution < -0.4 is 5.32 Å². The Morgan fingerprint density at radius 2 is 1.84 bits per heavy atom. The van der Waals surface area contributed by atoms with Gasteiger partial charge in [-0.05, 0) is 59.8 Å². The Labute approximate surface area is 209 Å². The van der Waals surface area contributed by atoms with Crippen molar-refractivity contribution >= 4 is 17.3 Å². The normalized spacial score (nSPS) is 10.9. The summed E-state index contributed by atoms with van der Waals surface area (Å²) in [6.45, 7) is 1.63. The quantitative estimate of drug-likeness (QED) is 0.264. The number of carbonyl (C=O) groups is 1. The molecule has 37 heavy (non-hydrogen) atoms. The molecule has 5 aromatic rings. The number of non-ortho nitro benzene ring substituents is 1. The van der Waals surface area contributed by atoms with Gasteiger partial charge in [-0.15, -0.1) is 5.10 Å². The predicted octanol–water partition coefficient (Wildman–Crippen LogP) is 4.05. The molecule has 3 aromatic carbocycles. The second-order valence-electron chi connectivity index (χ2n) is 8.12. The van der Waals surface area contributed by atoms with E-state index >= 15 is 0 Å². The Morgan fingerprint density at radius 3 is 2.51 bits per heavy atom. The Morgan fingerprint density at radius 1 is 1.08 bits per heavy atom. The van der Waals surface area contributed by atoms with Crippen molar-refractivity contribution in [2.24, 2.45) is 0 Å². The van der Waals surface area contributed by atoms with Gasteiger partial charge >= 0.3 is 0 Å². The molecule has 0 unspecified atom stereocenters. The summed E-state index contributed by atoms with van der Waals surface area (Å²) in [7, 11) is 0. The lowest BCUT2D eigenvalue weighted by atomic mass is 10.1. The molecule has 11 nitrogen and oxygen atoms in total. The minimum Gasteiger partial charge on any atom is -0.326 e. The van der Waals surface area contributed by atoms with E-state index in [0.717, 1.165) is 5.69 Å². The van der Waals surface area contributed by atoms with Gasteiger partial charge in [0.15, 0.2) is 5.82 Å². The highest BCUT2D eigenvalue weighted by atomic mass is 19.1. The summed E-state index contributed by atoms with van der Waals surface area (Å²) >= 11 is 0. The molecule has 0 aliphatic carbocycles. The standard InChI is InChI=1S/C25H19FN8O3/c1-16-28-30-31-33(16)23-14-19(9-12-22(23)26)27-24(35)13-18-15-32(20-5-3-2-4-6-20)29-25(18)17-7-10-21(11-8-17)34(36)37/h2-12,14-15H,13H2,1H3,(H,27,35). The summed E-state index contributed by atoms with van der Waals surface area (Å²) in [5.74, 6) is -0.511. The number of tetrazole rings is 1. The number of nitrogens with one attached hydrogen (secondary N) is 1. The van der Waals surface area contributed by atoms with Crippen LogP contribution in [-0.2, 0) is 11.2 Å². The lowest BCUT2D eigenvalue weighted by Crippen LogP contribution is -2.15. The van der Waals surface area contributed by atoms with Crippen LogP contribution in [0, 0.1) is 22.9 Å². The number of hydrogen-bond donors (Lipinski definition) is 1. The summed E-state index contributed by atoms with van der Waals surface area (Å²) in [6.07, 6.45) is 1.70. The number of aromatic nitrogens is 6. The van der Waals surface area contributed by atoms with Gasteiger partial charge in [-0.25, -0.2) is 9.07 Å². The Hall–Kier alpha value is -5.26. The minimum atomic E-state index is -0.544.